The van der Waals surface area contributed by atoms with Gasteiger partial charge in [-0.05, 0) is 33.4 Å². The van der Waals surface area contributed by atoms with Crippen molar-refractivity contribution in [2.75, 3.05) is 36.8 Å². The molecule has 114 valence electrons. The molecule has 1 rings (SSSR count). The van der Waals surface area contributed by atoms with Crippen molar-refractivity contribution in [1.82, 2.24) is 14.9 Å². The third-order valence-corrected chi connectivity index (χ3v) is 3.31. The topological polar surface area (TPSA) is 53.1 Å². The Morgan fingerprint density at radius 1 is 1.25 bits per heavy atom. The average molecular weight is 279 g/mol. The van der Waals surface area contributed by atoms with Gasteiger partial charge >= 0.3 is 0 Å². The highest BCUT2D eigenvalue weighted by atomic mass is 15.2. The number of rotatable bonds is 9. The molecule has 2 N–H and O–H groups in total. The molecule has 0 spiro atoms. The van der Waals surface area contributed by atoms with Crippen LogP contribution in [0.3, 0.4) is 0 Å². The summed E-state index contributed by atoms with van der Waals surface area (Å²) in [6.07, 6.45) is 2.94. The molecule has 0 fully saturated rings. The molecule has 0 radical (unpaired) electrons. The van der Waals surface area contributed by atoms with Crippen LogP contribution in [0.2, 0.25) is 0 Å². The Morgan fingerprint density at radius 3 is 2.55 bits per heavy atom. The predicted octanol–water partition coefficient (Wildman–Crippen LogP) is 2.75. The summed E-state index contributed by atoms with van der Waals surface area (Å²) in [4.78, 5) is 11.3. The summed E-state index contributed by atoms with van der Waals surface area (Å²) in [5.74, 6) is 1.63. The molecule has 20 heavy (non-hydrogen) atoms. The molecule has 0 aliphatic carbocycles. The summed E-state index contributed by atoms with van der Waals surface area (Å²) >= 11 is 0. The van der Waals surface area contributed by atoms with Crippen LogP contribution in [0.25, 0.3) is 0 Å². The minimum absolute atomic E-state index is 0.363. The maximum atomic E-state index is 4.56. The van der Waals surface area contributed by atoms with Crippen LogP contribution in [0.5, 0.6) is 0 Å². The van der Waals surface area contributed by atoms with Gasteiger partial charge in [-0.15, -0.1) is 0 Å². The third kappa shape index (κ3) is 5.33. The van der Waals surface area contributed by atoms with Gasteiger partial charge in [0.2, 0.25) is 5.95 Å². The molecule has 1 atom stereocenters. The SMILES string of the molecule is CCCNc1ncc(C)c(NC(C)CN(CC)CC)n1. The fraction of sp³-hybridized carbons (Fsp3) is 0.733. The minimum atomic E-state index is 0.363. The van der Waals surface area contributed by atoms with E-state index in [0.29, 0.717) is 12.0 Å². The van der Waals surface area contributed by atoms with E-state index < -0.39 is 0 Å². The van der Waals surface area contributed by atoms with E-state index >= 15 is 0 Å². The first-order valence-electron chi connectivity index (χ1n) is 7.67. The first kappa shape index (κ1) is 16.7. The molecule has 5 nitrogen and oxygen atoms in total. The largest absolute Gasteiger partial charge is 0.366 e. The van der Waals surface area contributed by atoms with E-state index in [9.17, 15) is 0 Å². The van der Waals surface area contributed by atoms with E-state index in [1.54, 1.807) is 0 Å². The summed E-state index contributed by atoms with van der Waals surface area (Å²) in [5, 5.41) is 6.72. The molecule has 0 saturated carbocycles. The Kier molecular flexibility index (Phi) is 7.30. The molecule has 0 bridgehead atoms. The maximum absolute atomic E-state index is 4.56. The normalized spacial score (nSPS) is 12.5. The molecule has 1 aromatic heterocycles. The lowest BCUT2D eigenvalue weighted by Crippen LogP contribution is -2.35. The number of aromatic nitrogens is 2. The zero-order chi connectivity index (χ0) is 15.0. The highest BCUT2D eigenvalue weighted by Gasteiger charge is 2.10. The molecule has 0 aliphatic heterocycles. The van der Waals surface area contributed by atoms with Crippen molar-refractivity contribution >= 4 is 11.8 Å². The molecular formula is C15H29N5. The molecule has 1 heterocycles. The molecule has 0 saturated heterocycles. The molecule has 0 amide bonds. The molecule has 1 aromatic rings. The Labute approximate surface area is 123 Å². The van der Waals surface area contributed by atoms with Crippen molar-refractivity contribution in [3.63, 3.8) is 0 Å². The summed E-state index contributed by atoms with van der Waals surface area (Å²) < 4.78 is 0. The van der Waals surface area contributed by atoms with E-state index in [2.05, 4.69) is 53.2 Å². The molecule has 0 aromatic carbocycles. The van der Waals surface area contributed by atoms with E-state index in [1.807, 2.05) is 13.1 Å². The molecule has 5 heteroatoms. The van der Waals surface area contributed by atoms with Gasteiger partial charge in [0.15, 0.2) is 0 Å². The zero-order valence-corrected chi connectivity index (χ0v) is 13.5. The second-order valence-electron chi connectivity index (χ2n) is 5.18. The lowest BCUT2D eigenvalue weighted by Gasteiger charge is -2.24. The number of hydrogen-bond donors (Lipinski definition) is 2. The van der Waals surface area contributed by atoms with Gasteiger partial charge in [0, 0.05) is 30.9 Å². The van der Waals surface area contributed by atoms with Crippen LogP contribution in [-0.4, -0.2) is 47.1 Å². The Hall–Kier alpha value is -1.36. The summed E-state index contributed by atoms with van der Waals surface area (Å²) in [5.41, 5.74) is 1.08. The van der Waals surface area contributed by atoms with E-state index in [0.717, 1.165) is 44.0 Å². The lowest BCUT2D eigenvalue weighted by molar-refractivity contribution is 0.294. The van der Waals surface area contributed by atoms with Gasteiger partial charge in [0.05, 0.1) is 0 Å². The molecule has 0 aliphatic rings. The first-order chi connectivity index (χ1) is 9.60. The monoisotopic (exact) mass is 279 g/mol. The van der Waals surface area contributed by atoms with Crippen molar-refractivity contribution in [2.45, 2.75) is 47.1 Å². The standard InChI is InChI=1S/C15H29N5/c1-6-9-16-15-17-10-12(4)14(19-15)18-13(5)11-20(7-2)8-3/h10,13H,6-9,11H2,1-5H3,(H2,16,17,18,19). The van der Waals surface area contributed by atoms with Gasteiger partial charge in [0.25, 0.3) is 0 Å². The second-order valence-corrected chi connectivity index (χ2v) is 5.18. The summed E-state index contributed by atoms with van der Waals surface area (Å²) in [6, 6.07) is 0.363. The highest BCUT2D eigenvalue weighted by Crippen LogP contribution is 2.14. The fourth-order valence-electron chi connectivity index (χ4n) is 2.06. The Bertz CT molecular complexity index is 390. The molecule has 1 unspecified atom stereocenters. The summed E-state index contributed by atoms with van der Waals surface area (Å²) in [7, 11) is 0. The average Bonchev–Trinajstić information content (AvgIpc) is 2.45. The van der Waals surface area contributed by atoms with Crippen LogP contribution in [0.4, 0.5) is 11.8 Å². The van der Waals surface area contributed by atoms with Crippen LogP contribution in [-0.2, 0) is 0 Å². The van der Waals surface area contributed by atoms with Crippen LogP contribution in [0.1, 0.15) is 39.7 Å². The van der Waals surface area contributed by atoms with Gasteiger partial charge in [-0.25, -0.2) is 4.98 Å². The van der Waals surface area contributed by atoms with Gasteiger partial charge in [0.1, 0.15) is 5.82 Å². The fourth-order valence-corrected chi connectivity index (χ4v) is 2.06. The van der Waals surface area contributed by atoms with Gasteiger partial charge < -0.3 is 15.5 Å². The third-order valence-electron chi connectivity index (χ3n) is 3.31. The predicted molar refractivity (Wildman–Crippen MR) is 86.4 cm³/mol. The van der Waals surface area contributed by atoms with Gasteiger partial charge in [-0.1, -0.05) is 20.8 Å². The van der Waals surface area contributed by atoms with Crippen LogP contribution in [0, 0.1) is 6.92 Å². The van der Waals surface area contributed by atoms with Crippen molar-refractivity contribution < 1.29 is 0 Å². The number of nitrogens with one attached hydrogen (secondary N) is 2. The van der Waals surface area contributed by atoms with E-state index in [4.69, 9.17) is 0 Å². The smallest absolute Gasteiger partial charge is 0.224 e. The van der Waals surface area contributed by atoms with Crippen LogP contribution < -0.4 is 10.6 Å². The maximum Gasteiger partial charge on any atom is 0.224 e. The van der Waals surface area contributed by atoms with Crippen molar-refractivity contribution in [3.8, 4) is 0 Å². The van der Waals surface area contributed by atoms with Gasteiger partial charge in [-0.3, -0.25) is 0 Å². The van der Waals surface area contributed by atoms with Crippen molar-refractivity contribution in [3.05, 3.63) is 11.8 Å². The zero-order valence-electron chi connectivity index (χ0n) is 13.5. The van der Waals surface area contributed by atoms with Crippen molar-refractivity contribution in [2.24, 2.45) is 0 Å². The number of hydrogen-bond acceptors (Lipinski definition) is 5. The summed E-state index contributed by atoms with van der Waals surface area (Å²) in [6.45, 7) is 14.8. The second kappa shape index (κ2) is 8.74. The van der Waals surface area contributed by atoms with Crippen LogP contribution >= 0.6 is 0 Å². The van der Waals surface area contributed by atoms with Crippen molar-refractivity contribution in [1.29, 1.82) is 0 Å². The Balaban J connectivity index is 2.65. The quantitative estimate of drug-likeness (QED) is 0.728. The minimum Gasteiger partial charge on any atom is -0.366 e. The van der Waals surface area contributed by atoms with E-state index in [1.165, 1.54) is 0 Å². The highest BCUT2D eigenvalue weighted by molar-refractivity contribution is 5.47. The number of likely N-dealkylation sites (N-methyl/N-ethyl adjacent to an activating group) is 1. The first-order valence-corrected chi connectivity index (χ1v) is 7.67. The van der Waals surface area contributed by atoms with Crippen LogP contribution in [0.15, 0.2) is 6.20 Å². The van der Waals surface area contributed by atoms with E-state index in [-0.39, 0.29) is 0 Å². The number of nitrogens with zero attached hydrogens (tertiary/aromatic N) is 3. The Morgan fingerprint density at radius 2 is 1.95 bits per heavy atom. The number of aryl methyl sites for hydroxylation is 1. The van der Waals surface area contributed by atoms with Gasteiger partial charge in [-0.2, -0.15) is 4.98 Å². The number of anilines is 2. The lowest BCUT2D eigenvalue weighted by atomic mass is 10.2. The molecular weight excluding hydrogens is 250 g/mol.